The predicted octanol–water partition coefficient (Wildman–Crippen LogP) is 5.73. The fraction of sp³-hybridized carbons (Fsp3) is 0.565. The van der Waals surface area contributed by atoms with Gasteiger partial charge in [-0.05, 0) is 46.1 Å². The number of thiazole rings is 1. The number of hydrogen-bond donors (Lipinski definition) is 3. The van der Waals surface area contributed by atoms with Gasteiger partial charge in [0.15, 0.2) is 0 Å². The first kappa shape index (κ1) is 26.1. The van der Waals surface area contributed by atoms with Crippen molar-refractivity contribution in [1.29, 1.82) is 0 Å². The minimum Gasteiger partial charge on any atom is -0.390 e. The van der Waals surface area contributed by atoms with E-state index in [2.05, 4.69) is 25.6 Å². The molecule has 3 aromatic heterocycles. The lowest BCUT2D eigenvalue weighted by atomic mass is 9.86. The van der Waals surface area contributed by atoms with Gasteiger partial charge in [0.1, 0.15) is 16.3 Å². The van der Waals surface area contributed by atoms with Crippen LogP contribution in [0.25, 0.3) is 20.8 Å². The molecule has 0 spiro atoms. The zero-order chi connectivity index (χ0) is 25.1. The Morgan fingerprint density at radius 2 is 1.79 bits per heavy atom. The van der Waals surface area contributed by atoms with Crippen molar-refractivity contribution in [3.63, 3.8) is 0 Å². The van der Waals surface area contributed by atoms with Gasteiger partial charge in [-0.25, -0.2) is 9.97 Å². The molecule has 1 atom stereocenters. The second kappa shape index (κ2) is 10.4. The average Bonchev–Trinajstić information content (AvgIpc) is 3.14. The Morgan fingerprint density at radius 1 is 1.06 bits per heavy atom. The maximum atomic E-state index is 12.6. The maximum absolute atomic E-state index is 12.6. The van der Waals surface area contributed by atoms with Gasteiger partial charge in [-0.15, -0.1) is 11.3 Å². The van der Waals surface area contributed by atoms with Gasteiger partial charge >= 0.3 is 6.18 Å². The van der Waals surface area contributed by atoms with Crippen molar-refractivity contribution in [1.82, 2.24) is 19.9 Å². The highest BCUT2D eigenvalue weighted by atomic mass is 32.1. The topological polar surface area (TPSA) is 95.9 Å². The van der Waals surface area contributed by atoms with Gasteiger partial charge in [-0.1, -0.05) is 13.3 Å². The van der Waals surface area contributed by atoms with Gasteiger partial charge in [-0.2, -0.15) is 18.2 Å². The van der Waals surface area contributed by atoms with Crippen LogP contribution in [0.2, 0.25) is 0 Å². The lowest BCUT2D eigenvalue weighted by Crippen LogP contribution is -2.31. The van der Waals surface area contributed by atoms with Gasteiger partial charge in [0.05, 0.1) is 33.7 Å². The minimum absolute atomic E-state index is 0.0759. The van der Waals surface area contributed by atoms with E-state index in [1.807, 2.05) is 19.9 Å². The number of hydrogen-bond acceptors (Lipinski definition) is 8. The zero-order valence-electron chi connectivity index (χ0n) is 20.0. The van der Waals surface area contributed by atoms with Crippen molar-refractivity contribution >= 4 is 33.3 Å². The number of alkyl halides is 3. The van der Waals surface area contributed by atoms with Crippen molar-refractivity contribution in [2.45, 2.75) is 65.7 Å². The normalized spacial score (nSPS) is 13.3. The van der Waals surface area contributed by atoms with Crippen LogP contribution in [0.5, 0.6) is 0 Å². The Labute approximate surface area is 201 Å². The molecule has 3 heterocycles. The number of fused-ring (bicyclic) bond motifs is 1. The molecule has 1 unspecified atom stereocenters. The number of nitrogens with one attached hydrogen (secondary N) is 2. The summed E-state index contributed by atoms with van der Waals surface area (Å²) in [5, 5.41) is 17.1. The molecule has 3 N–H and O–H groups in total. The number of anilines is 2. The Balaban J connectivity index is 1.93. The molecule has 0 aliphatic carbocycles. The molecule has 7 nitrogen and oxygen atoms in total. The molecule has 0 fully saturated rings. The Bertz CT molecular complexity index is 1130. The molecule has 0 aromatic carbocycles. The van der Waals surface area contributed by atoms with Crippen LogP contribution in [0, 0.1) is 19.8 Å². The number of nitrogens with zero attached hydrogens (tertiary/aromatic N) is 4. The summed E-state index contributed by atoms with van der Waals surface area (Å²) in [6, 6.07) is 1.90. The number of aryl methyl sites for hydroxylation is 2. The second-order valence-corrected chi connectivity index (χ2v) is 9.92. The molecule has 3 rings (SSSR count). The number of pyridine rings is 1. The third-order valence-electron chi connectivity index (χ3n) is 5.76. The molecule has 3 aromatic rings. The first-order valence-electron chi connectivity index (χ1n) is 11.3. The molecular weight excluding hydrogens is 465 g/mol. The largest absolute Gasteiger partial charge is 0.390 e. The van der Waals surface area contributed by atoms with Gasteiger partial charge in [0.2, 0.25) is 5.95 Å². The summed E-state index contributed by atoms with van der Waals surface area (Å²) in [5.41, 5.74) is 2.11. The monoisotopic (exact) mass is 496 g/mol. The Hall–Kier alpha value is -2.53. The lowest BCUT2D eigenvalue weighted by Gasteiger charge is -2.28. The van der Waals surface area contributed by atoms with Crippen LogP contribution >= 0.6 is 11.3 Å². The third-order valence-corrected chi connectivity index (χ3v) is 6.80. The van der Waals surface area contributed by atoms with Crippen LogP contribution < -0.4 is 10.6 Å². The molecule has 0 saturated heterocycles. The highest BCUT2D eigenvalue weighted by Gasteiger charge is 2.27. The smallest absolute Gasteiger partial charge is 0.390 e. The average molecular weight is 497 g/mol. The summed E-state index contributed by atoms with van der Waals surface area (Å²) < 4.78 is 38.7. The SMILES string of the molecule is CCC(CCNc1nc(NCCC(F)(F)F)nc(C)c1-c1nc2c(C)nccc2s1)C(C)(C)O. The summed E-state index contributed by atoms with van der Waals surface area (Å²) in [4.78, 5) is 18.0. The van der Waals surface area contributed by atoms with Crippen LogP contribution in [0.15, 0.2) is 12.3 Å². The summed E-state index contributed by atoms with van der Waals surface area (Å²) in [7, 11) is 0. The van der Waals surface area contributed by atoms with Crippen molar-refractivity contribution in [2.75, 3.05) is 23.7 Å². The number of halogens is 3. The van der Waals surface area contributed by atoms with E-state index in [0.717, 1.165) is 22.3 Å². The zero-order valence-corrected chi connectivity index (χ0v) is 20.9. The van der Waals surface area contributed by atoms with Gasteiger partial charge < -0.3 is 15.7 Å². The molecule has 0 aliphatic rings. The van der Waals surface area contributed by atoms with Crippen LogP contribution in [0.3, 0.4) is 0 Å². The second-order valence-electron chi connectivity index (χ2n) is 8.88. The van der Waals surface area contributed by atoms with E-state index >= 15 is 0 Å². The van der Waals surface area contributed by atoms with Crippen molar-refractivity contribution in [3.8, 4) is 10.6 Å². The van der Waals surface area contributed by atoms with Gasteiger partial charge in [0.25, 0.3) is 0 Å². The molecule has 0 radical (unpaired) electrons. The van der Waals surface area contributed by atoms with E-state index in [9.17, 15) is 18.3 Å². The van der Waals surface area contributed by atoms with Crippen LogP contribution in [0.1, 0.15) is 51.4 Å². The summed E-state index contributed by atoms with van der Waals surface area (Å²) in [6.07, 6.45) is -2.00. The minimum atomic E-state index is -4.26. The predicted molar refractivity (Wildman–Crippen MR) is 130 cm³/mol. The molecule has 0 saturated carbocycles. The van der Waals surface area contributed by atoms with Crippen molar-refractivity contribution in [3.05, 3.63) is 23.7 Å². The van der Waals surface area contributed by atoms with E-state index in [0.29, 0.717) is 35.0 Å². The molecule has 11 heteroatoms. The molecule has 186 valence electrons. The highest BCUT2D eigenvalue weighted by Crippen LogP contribution is 2.37. The molecular formula is C23H31F3N6OS. The first-order chi connectivity index (χ1) is 15.9. The van der Waals surface area contributed by atoms with E-state index < -0.39 is 18.2 Å². The van der Waals surface area contributed by atoms with Crippen molar-refractivity contribution in [2.24, 2.45) is 5.92 Å². The molecule has 0 bridgehead atoms. The number of aromatic nitrogens is 4. The number of rotatable bonds is 10. The lowest BCUT2D eigenvalue weighted by molar-refractivity contribution is -0.131. The molecule has 34 heavy (non-hydrogen) atoms. The number of aliphatic hydroxyl groups is 1. The highest BCUT2D eigenvalue weighted by molar-refractivity contribution is 7.21. The summed E-state index contributed by atoms with van der Waals surface area (Å²) >= 11 is 1.49. The van der Waals surface area contributed by atoms with E-state index in [1.54, 1.807) is 27.0 Å². The fourth-order valence-corrected chi connectivity index (χ4v) is 4.97. The van der Waals surface area contributed by atoms with E-state index in [-0.39, 0.29) is 18.4 Å². The standard InChI is InChI=1S/C23H31F3N6OS/c1-6-15(22(4,5)33)7-10-28-19-17(20-31-18-14(3)27-11-8-16(18)34-20)13(2)30-21(32-19)29-12-9-23(24,25)26/h8,11,15,33H,6-7,9-10,12H2,1-5H3,(H2,28,29,30,32). The molecule has 0 amide bonds. The van der Waals surface area contributed by atoms with E-state index in [4.69, 9.17) is 4.98 Å². The fourth-order valence-electron chi connectivity index (χ4n) is 3.86. The third kappa shape index (κ3) is 6.53. The van der Waals surface area contributed by atoms with Gasteiger partial charge in [-0.3, -0.25) is 4.98 Å². The quantitative estimate of drug-likeness (QED) is 0.330. The first-order valence-corrected chi connectivity index (χ1v) is 12.1. The Morgan fingerprint density at radius 3 is 2.41 bits per heavy atom. The van der Waals surface area contributed by atoms with E-state index in [1.165, 1.54) is 11.3 Å². The summed E-state index contributed by atoms with van der Waals surface area (Å²) in [6.45, 7) is 9.51. The maximum Gasteiger partial charge on any atom is 0.390 e. The van der Waals surface area contributed by atoms with Crippen LogP contribution in [0.4, 0.5) is 24.9 Å². The molecule has 0 aliphatic heterocycles. The van der Waals surface area contributed by atoms with Crippen molar-refractivity contribution < 1.29 is 18.3 Å². The van der Waals surface area contributed by atoms with Gasteiger partial charge in [0, 0.05) is 19.3 Å². The van der Waals surface area contributed by atoms with Crippen LogP contribution in [-0.2, 0) is 0 Å². The summed E-state index contributed by atoms with van der Waals surface area (Å²) in [5.74, 6) is 0.700. The Kier molecular flexibility index (Phi) is 7.97. The van der Waals surface area contributed by atoms with Crippen LogP contribution in [-0.4, -0.2) is 49.9 Å².